The van der Waals surface area contributed by atoms with Crippen molar-refractivity contribution in [1.29, 1.82) is 0 Å². The van der Waals surface area contributed by atoms with Crippen molar-refractivity contribution in [2.45, 2.75) is 55.2 Å². The number of aliphatic hydroxyl groups excluding tert-OH is 1. The Morgan fingerprint density at radius 3 is 2.29 bits per heavy atom. The molecule has 11 heteroatoms. The summed E-state index contributed by atoms with van der Waals surface area (Å²) in [6.07, 6.45) is 0.665. The van der Waals surface area contributed by atoms with Crippen molar-refractivity contribution in [3.8, 4) is 0 Å². The molecule has 3 fully saturated rings. The van der Waals surface area contributed by atoms with E-state index in [2.05, 4.69) is 0 Å². The number of carbonyl (C=O) groups excluding carboxylic acids is 1. The van der Waals surface area contributed by atoms with E-state index in [4.69, 9.17) is 27.9 Å². The fourth-order valence-corrected chi connectivity index (χ4v) is 8.04. The number of morpholine rings is 1. The van der Waals surface area contributed by atoms with E-state index in [-0.39, 0.29) is 18.2 Å². The third-order valence-corrected chi connectivity index (χ3v) is 11.0. The fourth-order valence-electron chi connectivity index (χ4n) is 5.84. The van der Waals surface area contributed by atoms with Gasteiger partial charge in [0.1, 0.15) is 11.9 Å². The van der Waals surface area contributed by atoms with Crippen LogP contribution in [0.3, 0.4) is 0 Å². The van der Waals surface area contributed by atoms with E-state index in [1.165, 1.54) is 18.2 Å². The van der Waals surface area contributed by atoms with Crippen LogP contribution in [0.4, 0.5) is 10.1 Å². The van der Waals surface area contributed by atoms with Crippen LogP contribution in [0.1, 0.15) is 49.0 Å². The Bertz CT molecular complexity index is 1570. The predicted molar refractivity (Wildman–Crippen MR) is 159 cm³/mol. The molecule has 7 nitrogen and oxygen atoms in total. The first-order valence-corrected chi connectivity index (χ1v) is 16.3. The second-order valence-electron chi connectivity index (χ2n) is 11.2. The van der Waals surface area contributed by atoms with Gasteiger partial charge in [-0.25, -0.2) is 12.8 Å². The normalized spacial score (nSPS) is 23.6. The van der Waals surface area contributed by atoms with Crippen molar-refractivity contribution < 1.29 is 27.4 Å². The molecule has 1 saturated heterocycles. The molecule has 3 aromatic carbocycles. The van der Waals surface area contributed by atoms with Gasteiger partial charge in [0.2, 0.25) is 10.0 Å². The van der Waals surface area contributed by atoms with Crippen LogP contribution in [0.15, 0.2) is 72.8 Å². The molecule has 4 atom stereocenters. The van der Waals surface area contributed by atoms with E-state index in [1.54, 1.807) is 41.3 Å². The van der Waals surface area contributed by atoms with Crippen LogP contribution in [0.5, 0.6) is 0 Å². The van der Waals surface area contributed by atoms with Gasteiger partial charge in [-0.3, -0.25) is 9.10 Å². The van der Waals surface area contributed by atoms with Gasteiger partial charge in [0.15, 0.2) is 6.10 Å². The topological polar surface area (TPSA) is 87.2 Å². The molecule has 2 saturated carbocycles. The molecule has 6 rings (SSSR count). The Hall–Kier alpha value is -2.69. The summed E-state index contributed by atoms with van der Waals surface area (Å²) in [5.74, 6) is -1.13. The second kappa shape index (κ2) is 11.8. The summed E-state index contributed by atoms with van der Waals surface area (Å²) >= 11 is 12.6. The number of aliphatic hydroxyl groups is 1. The predicted octanol–water partition coefficient (Wildman–Crippen LogP) is 5.91. The summed E-state index contributed by atoms with van der Waals surface area (Å²) in [5.41, 5.74) is 1.38. The molecule has 0 radical (unpaired) electrons. The number of amides is 1. The minimum Gasteiger partial charge on any atom is -0.393 e. The molecule has 0 spiro atoms. The molecule has 1 unspecified atom stereocenters. The van der Waals surface area contributed by atoms with E-state index >= 15 is 4.39 Å². The molecular formula is C31H31Cl2FN2O5S. The average molecular weight is 634 g/mol. The number of ether oxygens (including phenoxy) is 1. The minimum atomic E-state index is -3.90. The summed E-state index contributed by atoms with van der Waals surface area (Å²) in [7, 11) is -3.90. The van der Waals surface area contributed by atoms with Gasteiger partial charge in [-0.2, -0.15) is 0 Å². The first-order valence-electron chi connectivity index (χ1n) is 14.0. The number of sulfonamides is 1. The molecule has 1 amide bonds. The molecule has 3 aromatic rings. The van der Waals surface area contributed by atoms with Crippen molar-refractivity contribution in [2.24, 2.45) is 5.92 Å². The molecule has 1 heterocycles. The van der Waals surface area contributed by atoms with Crippen LogP contribution in [0.2, 0.25) is 10.0 Å². The van der Waals surface area contributed by atoms with Crippen molar-refractivity contribution in [2.75, 3.05) is 17.5 Å². The van der Waals surface area contributed by atoms with Crippen LogP contribution in [-0.2, 0) is 19.6 Å². The molecule has 0 bridgehead atoms. The second-order valence-corrected chi connectivity index (χ2v) is 14.2. The number of rotatable bonds is 10. The number of halogens is 3. The molecule has 1 aliphatic heterocycles. The monoisotopic (exact) mass is 632 g/mol. The Morgan fingerprint density at radius 1 is 0.952 bits per heavy atom. The smallest absolute Gasteiger partial charge is 0.255 e. The zero-order chi connectivity index (χ0) is 29.6. The fraction of sp³-hybridized carbons (Fsp3) is 0.387. The lowest BCUT2D eigenvalue weighted by atomic mass is 9.89. The van der Waals surface area contributed by atoms with Gasteiger partial charge in [-0.1, -0.05) is 59.6 Å². The lowest BCUT2D eigenvalue weighted by molar-refractivity contribution is -0.184. The van der Waals surface area contributed by atoms with E-state index in [0.717, 1.165) is 22.7 Å². The third kappa shape index (κ3) is 5.77. The lowest BCUT2D eigenvalue weighted by Crippen LogP contribution is -2.59. The van der Waals surface area contributed by atoms with Crippen LogP contribution in [-0.4, -0.2) is 54.9 Å². The van der Waals surface area contributed by atoms with Crippen LogP contribution in [0.25, 0.3) is 0 Å². The molecular weight excluding hydrogens is 602 g/mol. The van der Waals surface area contributed by atoms with Crippen LogP contribution < -0.4 is 4.31 Å². The Morgan fingerprint density at radius 2 is 1.67 bits per heavy atom. The first kappa shape index (κ1) is 29.4. The number of anilines is 1. The number of hydrogen-bond acceptors (Lipinski definition) is 5. The zero-order valence-corrected chi connectivity index (χ0v) is 25.0. The quantitative estimate of drug-likeness (QED) is 0.300. The van der Waals surface area contributed by atoms with E-state index in [0.29, 0.717) is 28.5 Å². The minimum absolute atomic E-state index is 0.0233. The summed E-state index contributed by atoms with van der Waals surface area (Å²) in [5, 5.41) is 10.7. The number of para-hydroxylation sites is 1. The highest BCUT2D eigenvalue weighted by Crippen LogP contribution is 2.48. The number of hydrogen-bond donors (Lipinski definition) is 1. The SMILES string of the molecule is O=C1[C@H](CO)O[C@@H](c2cccc(Cl)c2)[C@@H](c2ccc(Cl)cc2)N1C(CN(c1ccccc1F)S(=O)(=O)C1CC1)C1CC1. The number of carbonyl (C=O) groups is 1. The molecule has 2 aliphatic carbocycles. The average Bonchev–Trinajstić information content (AvgIpc) is 3.88. The van der Waals surface area contributed by atoms with Gasteiger partial charge in [0.25, 0.3) is 5.91 Å². The van der Waals surface area contributed by atoms with Crippen molar-refractivity contribution in [3.05, 3.63) is 99.8 Å². The maximum atomic E-state index is 15.2. The molecule has 42 heavy (non-hydrogen) atoms. The van der Waals surface area contributed by atoms with Gasteiger partial charge in [0, 0.05) is 10.0 Å². The largest absolute Gasteiger partial charge is 0.393 e. The highest BCUT2D eigenvalue weighted by molar-refractivity contribution is 7.93. The summed E-state index contributed by atoms with van der Waals surface area (Å²) < 4.78 is 50.2. The first-order chi connectivity index (χ1) is 20.2. The van der Waals surface area contributed by atoms with Crippen LogP contribution >= 0.6 is 23.2 Å². The van der Waals surface area contributed by atoms with Crippen LogP contribution in [0, 0.1) is 11.7 Å². The summed E-state index contributed by atoms with van der Waals surface area (Å²) in [4.78, 5) is 15.8. The summed E-state index contributed by atoms with van der Waals surface area (Å²) in [6, 6.07) is 18.7. The highest BCUT2D eigenvalue weighted by atomic mass is 35.5. The lowest BCUT2D eigenvalue weighted by Gasteiger charge is -2.49. The van der Waals surface area contributed by atoms with Gasteiger partial charge in [-0.05, 0) is 79.1 Å². The standard InChI is InChI=1S/C31H31Cl2FN2O5S/c32-22-12-10-20(11-13-22)29-30(21-4-3-5-23(33)16-21)41-28(18-37)31(38)36(29)27(19-8-9-19)17-35(42(39,40)24-14-15-24)26-7-2-1-6-25(26)34/h1-7,10-13,16,19,24,27-30,37H,8-9,14-15,17-18H2/t27?,28-,29+,30-/m0/s1. The maximum Gasteiger partial charge on any atom is 0.255 e. The Labute approximate surface area is 254 Å². The Kier molecular flexibility index (Phi) is 8.24. The van der Waals surface area contributed by atoms with E-state index < -0.39 is 57.9 Å². The van der Waals surface area contributed by atoms with Gasteiger partial charge >= 0.3 is 0 Å². The van der Waals surface area contributed by atoms with Gasteiger partial charge in [-0.15, -0.1) is 0 Å². The van der Waals surface area contributed by atoms with Gasteiger partial charge in [0.05, 0.1) is 36.2 Å². The highest BCUT2D eigenvalue weighted by Gasteiger charge is 2.52. The number of nitrogens with zero attached hydrogens (tertiary/aromatic N) is 2. The maximum absolute atomic E-state index is 15.2. The molecule has 1 N–H and O–H groups in total. The van der Waals surface area contributed by atoms with E-state index in [1.807, 2.05) is 18.2 Å². The van der Waals surface area contributed by atoms with Crippen molar-refractivity contribution >= 4 is 44.8 Å². The van der Waals surface area contributed by atoms with Crippen molar-refractivity contribution in [3.63, 3.8) is 0 Å². The molecule has 222 valence electrons. The van der Waals surface area contributed by atoms with Crippen molar-refractivity contribution in [1.82, 2.24) is 4.90 Å². The molecule has 3 aliphatic rings. The molecule has 0 aromatic heterocycles. The Balaban J connectivity index is 1.49. The van der Waals surface area contributed by atoms with E-state index in [9.17, 15) is 18.3 Å². The zero-order valence-electron chi connectivity index (χ0n) is 22.7. The number of benzene rings is 3. The van der Waals surface area contributed by atoms with Gasteiger partial charge < -0.3 is 14.7 Å². The summed E-state index contributed by atoms with van der Waals surface area (Å²) in [6.45, 7) is -0.685. The third-order valence-electron chi connectivity index (χ3n) is 8.23.